The van der Waals surface area contributed by atoms with Crippen molar-refractivity contribution < 1.29 is 0 Å². The second-order valence-electron chi connectivity index (χ2n) is 5.52. The van der Waals surface area contributed by atoms with Crippen LogP contribution in [-0.2, 0) is 12.8 Å². The van der Waals surface area contributed by atoms with E-state index in [0.29, 0.717) is 6.04 Å². The Hall–Kier alpha value is -2.29. The second kappa shape index (κ2) is 4.67. The van der Waals surface area contributed by atoms with Gasteiger partial charge in [-0.25, -0.2) is 0 Å². The predicted molar refractivity (Wildman–Crippen MR) is 82.0 cm³/mol. The van der Waals surface area contributed by atoms with Crippen LogP contribution < -0.4 is 5.32 Å². The molecule has 0 radical (unpaired) electrons. The lowest BCUT2D eigenvalue weighted by Gasteiger charge is -2.26. The van der Waals surface area contributed by atoms with E-state index >= 15 is 0 Å². The summed E-state index contributed by atoms with van der Waals surface area (Å²) in [5, 5.41) is 11.9. The van der Waals surface area contributed by atoms with E-state index in [4.69, 9.17) is 0 Å². The highest BCUT2D eigenvalue weighted by Crippen LogP contribution is 2.24. The van der Waals surface area contributed by atoms with Crippen LogP contribution in [0.4, 0.5) is 5.69 Å². The summed E-state index contributed by atoms with van der Waals surface area (Å²) in [5.74, 6) is 0. The maximum atomic E-state index is 4.07. The van der Waals surface area contributed by atoms with Crippen LogP contribution in [0, 0.1) is 0 Å². The van der Waals surface area contributed by atoms with Crippen molar-refractivity contribution in [2.45, 2.75) is 25.3 Å². The quantitative estimate of drug-likeness (QED) is 0.742. The first kappa shape index (κ1) is 11.5. The summed E-state index contributed by atoms with van der Waals surface area (Å²) in [6.45, 7) is 0. The predicted octanol–water partition coefficient (Wildman–Crippen LogP) is 3.53. The Balaban J connectivity index is 1.55. The third-order valence-corrected chi connectivity index (χ3v) is 4.16. The van der Waals surface area contributed by atoms with Gasteiger partial charge in [0, 0.05) is 17.1 Å². The molecule has 0 saturated heterocycles. The molecule has 3 heteroatoms. The molecule has 2 aromatic carbocycles. The molecular formula is C17H17N3. The van der Waals surface area contributed by atoms with Crippen LogP contribution in [0.3, 0.4) is 0 Å². The molecule has 1 aliphatic rings. The fourth-order valence-corrected chi connectivity index (χ4v) is 3.08. The number of aromatic amines is 1. The molecule has 4 rings (SSSR count). The van der Waals surface area contributed by atoms with Gasteiger partial charge < -0.3 is 5.32 Å². The van der Waals surface area contributed by atoms with Gasteiger partial charge in [-0.1, -0.05) is 24.3 Å². The molecule has 0 saturated carbocycles. The molecule has 0 fully saturated rings. The second-order valence-corrected chi connectivity index (χ2v) is 5.52. The van der Waals surface area contributed by atoms with Gasteiger partial charge in [0.2, 0.25) is 0 Å². The molecular weight excluding hydrogens is 246 g/mol. The Kier molecular flexibility index (Phi) is 2.69. The topological polar surface area (TPSA) is 40.7 Å². The van der Waals surface area contributed by atoms with Crippen molar-refractivity contribution in [3.05, 3.63) is 59.8 Å². The average molecular weight is 263 g/mol. The number of fused-ring (bicyclic) bond motifs is 2. The Morgan fingerprint density at radius 1 is 1.10 bits per heavy atom. The Morgan fingerprint density at radius 3 is 2.95 bits per heavy atom. The summed E-state index contributed by atoms with van der Waals surface area (Å²) in [6.07, 6.45) is 5.32. The summed E-state index contributed by atoms with van der Waals surface area (Å²) >= 11 is 0. The zero-order chi connectivity index (χ0) is 13.4. The van der Waals surface area contributed by atoms with Gasteiger partial charge in [0.25, 0.3) is 0 Å². The van der Waals surface area contributed by atoms with E-state index < -0.39 is 0 Å². The van der Waals surface area contributed by atoms with Gasteiger partial charge in [0.05, 0.1) is 11.7 Å². The monoisotopic (exact) mass is 263 g/mol. The van der Waals surface area contributed by atoms with Crippen molar-refractivity contribution in [2.24, 2.45) is 0 Å². The van der Waals surface area contributed by atoms with E-state index in [1.165, 1.54) is 29.7 Å². The molecule has 3 aromatic rings. The van der Waals surface area contributed by atoms with Crippen LogP contribution in [0.15, 0.2) is 48.7 Å². The van der Waals surface area contributed by atoms with Crippen LogP contribution in [0.1, 0.15) is 17.5 Å². The Labute approximate surface area is 118 Å². The van der Waals surface area contributed by atoms with E-state index in [1.54, 1.807) is 0 Å². The van der Waals surface area contributed by atoms with Crippen LogP contribution in [0.25, 0.3) is 10.9 Å². The lowest BCUT2D eigenvalue weighted by Crippen LogP contribution is -2.27. The highest BCUT2D eigenvalue weighted by molar-refractivity contribution is 5.81. The van der Waals surface area contributed by atoms with Crippen LogP contribution in [0.2, 0.25) is 0 Å². The lowest BCUT2D eigenvalue weighted by atomic mass is 9.88. The Morgan fingerprint density at radius 2 is 2.00 bits per heavy atom. The van der Waals surface area contributed by atoms with Gasteiger partial charge in [-0.15, -0.1) is 0 Å². The third kappa shape index (κ3) is 2.05. The molecule has 0 spiro atoms. The molecule has 1 aromatic heterocycles. The van der Waals surface area contributed by atoms with E-state index in [1.807, 2.05) is 6.20 Å². The molecule has 3 nitrogen and oxygen atoms in total. The number of hydrogen-bond donors (Lipinski definition) is 2. The van der Waals surface area contributed by atoms with Crippen LogP contribution in [-0.4, -0.2) is 16.2 Å². The minimum atomic E-state index is 0.519. The van der Waals surface area contributed by atoms with Crippen molar-refractivity contribution in [1.29, 1.82) is 0 Å². The van der Waals surface area contributed by atoms with Gasteiger partial charge in [0.15, 0.2) is 0 Å². The summed E-state index contributed by atoms with van der Waals surface area (Å²) < 4.78 is 0. The molecule has 1 aliphatic carbocycles. The number of aryl methyl sites for hydroxylation is 1. The number of hydrogen-bond acceptors (Lipinski definition) is 2. The fourth-order valence-electron chi connectivity index (χ4n) is 3.08. The number of nitrogens with zero attached hydrogens (tertiary/aromatic N) is 1. The first-order valence-corrected chi connectivity index (χ1v) is 7.15. The number of rotatable bonds is 2. The van der Waals surface area contributed by atoms with Crippen LogP contribution >= 0.6 is 0 Å². The number of benzene rings is 2. The Bertz CT molecular complexity index is 745. The minimum Gasteiger partial charge on any atom is -0.382 e. The zero-order valence-corrected chi connectivity index (χ0v) is 11.3. The van der Waals surface area contributed by atoms with Gasteiger partial charge in [-0.2, -0.15) is 5.10 Å². The van der Waals surface area contributed by atoms with Crippen molar-refractivity contribution >= 4 is 16.6 Å². The van der Waals surface area contributed by atoms with Gasteiger partial charge >= 0.3 is 0 Å². The normalized spacial score (nSPS) is 17.9. The highest BCUT2D eigenvalue weighted by Gasteiger charge is 2.17. The smallest absolute Gasteiger partial charge is 0.0670 e. The number of anilines is 1. The minimum absolute atomic E-state index is 0.519. The lowest BCUT2D eigenvalue weighted by molar-refractivity contribution is 0.611. The summed E-state index contributed by atoms with van der Waals surface area (Å²) in [6, 6.07) is 15.7. The van der Waals surface area contributed by atoms with Crippen LogP contribution in [0.5, 0.6) is 0 Å². The van der Waals surface area contributed by atoms with Crippen molar-refractivity contribution in [2.75, 3.05) is 5.32 Å². The van der Waals surface area contributed by atoms with Crippen molar-refractivity contribution in [3.63, 3.8) is 0 Å². The molecule has 100 valence electrons. The molecule has 1 atom stereocenters. The largest absolute Gasteiger partial charge is 0.382 e. The number of H-pyrrole nitrogens is 1. The van der Waals surface area contributed by atoms with E-state index in [9.17, 15) is 0 Å². The molecule has 1 heterocycles. The fraction of sp³-hybridized carbons (Fsp3) is 0.235. The standard InChI is InChI=1S/C17H17N3/c1-2-4-13-9-15(7-5-12(13)3-1)19-16-8-6-14-11-18-20-17(14)10-16/h1-4,6,8,10-11,15,19H,5,7,9H2,(H,18,20). The summed E-state index contributed by atoms with van der Waals surface area (Å²) in [7, 11) is 0. The molecule has 0 amide bonds. The van der Waals surface area contributed by atoms with E-state index in [0.717, 1.165) is 17.3 Å². The maximum absolute atomic E-state index is 4.07. The first-order chi connectivity index (χ1) is 9.88. The SMILES string of the molecule is c1ccc2c(c1)CCC(Nc1ccc3cn[nH]c3c1)C2. The average Bonchev–Trinajstić information content (AvgIpc) is 2.95. The highest BCUT2D eigenvalue weighted by atomic mass is 15.1. The maximum Gasteiger partial charge on any atom is 0.0670 e. The molecule has 1 unspecified atom stereocenters. The van der Waals surface area contributed by atoms with Gasteiger partial charge in [0.1, 0.15) is 0 Å². The third-order valence-electron chi connectivity index (χ3n) is 4.16. The molecule has 20 heavy (non-hydrogen) atoms. The summed E-state index contributed by atoms with van der Waals surface area (Å²) in [4.78, 5) is 0. The van der Waals surface area contributed by atoms with Gasteiger partial charge in [-0.05, 0) is 48.6 Å². The van der Waals surface area contributed by atoms with E-state index in [2.05, 4.69) is 58.0 Å². The molecule has 0 aliphatic heterocycles. The van der Waals surface area contributed by atoms with Crippen molar-refractivity contribution in [3.8, 4) is 0 Å². The number of aromatic nitrogens is 2. The summed E-state index contributed by atoms with van der Waals surface area (Å²) in [5.41, 5.74) is 5.26. The van der Waals surface area contributed by atoms with Gasteiger partial charge in [-0.3, -0.25) is 5.10 Å². The zero-order valence-electron chi connectivity index (χ0n) is 11.3. The van der Waals surface area contributed by atoms with Crippen molar-refractivity contribution in [1.82, 2.24) is 10.2 Å². The number of nitrogens with one attached hydrogen (secondary N) is 2. The molecule has 2 N–H and O–H groups in total. The first-order valence-electron chi connectivity index (χ1n) is 7.15. The molecule has 0 bridgehead atoms. The van der Waals surface area contributed by atoms with E-state index in [-0.39, 0.29) is 0 Å².